The van der Waals surface area contributed by atoms with Gasteiger partial charge in [0.15, 0.2) is 5.96 Å². The average molecular weight is 288 g/mol. The molecule has 116 valence electrons. The summed E-state index contributed by atoms with van der Waals surface area (Å²) in [6, 6.07) is 10.7. The zero-order valence-corrected chi connectivity index (χ0v) is 13.5. The topological polar surface area (TPSA) is 39.7 Å². The molecular weight excluding hydrogens is 260 g/mol. The highest BCUT2D eigenvalue weighted by atomic mass is 15.2. The van der Waals surface area contributed by atoms with Crippen LogP contribution in [0.5, 0.6) is 0 Å². The predicted molar refractivity (Wildman–Crippen MR) is 89.6 cm³/mol. The molecule has 1 aliphatic rings. The van der Waals surface area contributed by atoms with Gasteiger partial charge in [0.05, 0.1) is 6.04 Å². The van der Waals surface area contributed by atoms with Crippen LogP contribution in [0.25, 0.3) is 0 Å². The monoisotopic (exact) mass is 288 g/mol. The first-order chi connectivity index (χ1) is 10.2. The van der Waals surface area contributed by atoms with Crippen LogP contribution in [0, 0.1) is 5.92 Å². The van der Waals surface area contributed by atoms with Crippen LogP contribution in [-0.2, 0) is 0 Å². The molecule has 0 aliphatic carbocycles. The Kier molecular flexibility index (Phi) is 6.05. The molecule has 0 bridgehead atoms. The molecule has 1 unspecified atom stereocenters. The van der Waals surface area contributed by atoms with E-state index in [1.165, 1.54) is 31.5 Å². The molecular formula is C17H28N4. The van der Waals surface area contributed by atoms with Crippen LogP contribution in [-0.4, -0.2) is 44.6 Å². The van der Waals surface area contributed by atoms with Gasteiger partial charge in [0.1, 0.15) is 0 Å². The number of benzene rings is 1. The number of guanidine groups is 1. The molecule has 1 saturated heterocycles. The summed E-state index contributed by atoms with van der Waals surface area (Å²) in [7, 11) is 4.04. The maximum absolute atomic E-state index is 4.34. The Labute approximate surface area is 128 Å². The van der Waals surface area contributed by atoms with E-state index in [0.717, 1.165) is 18.4 Å². The fourth-order valence-electron chi connectivity index (χ4n) is 2.73. The minimum atomic E-state index is 0.259. The summed E-state index contributed by atoms with van der Waals surface area (Å²) in [4.78, 5) is 6.74. The third kappa shape index (κ3) is 5.05. The number of piperidine rings is 1. The largest absolute Gasteiger partial charge is 0.356 e. The highest BCUT2D eigenvalue weighted by molar-refractivity contribution is 5.80. The van der Waals surface area contributed by atoms with Crippen molar-refractivity contribution in [1.29, 1.82) is 0 Å². The lowest BCUT2D eigenvalue weighted by atomic mass is 9.97. The summed E-state index contributed by atoms with van der Waals surface area (Å²) >= 11 is 0. The lowest BCUT2D eigenvalue weighted by Gasteiger charge is -2.29. The smallest absolute Gasteiger partial charge is 0.191 e. The maximum atomic E-state index is 4.34. The van der Waals surface area contributed by atoms with E-state index in [1.54, 1.807) is 0 Å². The SMILES string of the molecule is CN=C(NCC1CCN(C)CC1)NC(C)c1ccccc1. The molecule has 0 saturated carbocycles. The second kappa shape index (κ2) is 8.03. The van der Waals surface area contributed by atoms with Gasteiger partial charge in [0.2, 0.25) is 0 Å². The molecule has 1 aromatic carbocycles. The zero-order chi connectivity index (χ0) is 15.1. The Hall–Kier alpha value is -1.55. The van der Waals surface area contributed by atoms with E-state index < -0.39 is 0 Å². The van der Waals surface area contributed by atoms with Gasteiger partial charge in [-0.1, -0.05) is 30.3 Å². The zero-order valence-electron chi connectivity index (χ0n) is 13.5. The molecule has 1 fully saturated rings. The minimum absolute atomic E-state index is 0.259. The molecule has 0 spiro atoms. The fourth-order valence-corrected chi connectivity index (χ4v) is 2.73. The van der Waals surface area contributed by atoms with E-state index in [0.29, 0.717) is 0 Å². The van der Waals surface area contributed by atoms with Crippen LogP contribution >= 0.6 is 0 Å². The third-order valence-electron chi connectivity index (χ3n) is 4.27. The summed E-state index contributed by atoms with van der Waals surface area (Å²) in [5.41, 5.74) is 1.28. The third-order valence-corrected chi connectivity index (χ3v) is 4.27. The molecule has 0 radical (unpaired) electrons. The van der Waals surface area contributed by atoms with Gasteiger partial charge in [-0.05, 0) is 51.4 Å². The molecule has 0 aromatic heterocycles. The highest BCUT2D eigenvalue weighted by Crippen LogP contribution is 2.15. The molecule has 4 heteroatoms. The molecule has 2 rings (SSSR count). The Morgan fingerprint density at radius 2 is 1.95 bits per heavy atom. The molecule has 1 aromatic rings. The molecule has 21 heavy (non-hydrogen) atoms. The van der Waals surface area contributed by atoms with Gasteiger partial charge in [-0.3, -0.25) is 4.99 Å². The number of rotatable bonds is 4. The Morgan fingerprint density at radius 3 is 2.57 bits per heavy atom. The molecule has 0 amide bonds. The summed E-state index contributed by atoms with van der Waals surface area (Å²) in [5, 5.41) is 6.93. The van der Waals surface area contributed by atoms with Crippen molar-refractivity contribution in [3.05, 3.63) is 35.9 Å². The molecule has 4 nitrogen and oxygen atoms in total. The first kappa shape index (κ1) is 15.8. The lowest BCUT2D eigenvalue weighted by Crippen LogP contribution is -2.43. The van der Waals surface area contributed by atoms with Gasteiger partial charge < -0.3 is 15.5 Å². The van der Waals surface area contributed by atoms with Crippen molar-refractivity contribution < 1.29 is 0 Å². The van der Waals surface area contributed by atoms with Crippen LogP contribution in [0.1, 0.15) is 31.4 Å². The lowest BCUT2D eigenvalue weighted by molar-refractivity contribution is 0.220. The van der Waals surface area contributed by atoms with Gasteiger partial charge in [0, 0.05) is 13.6 Å². The van der Waals surface area contributed by atoms with E-state index in [4.69, 9.17) is 0 Å². The van der Waals surface area contributed by atoms with E-state index in [-0.39, 0.29) is 6.04 Å². The number of aliphatic imine (C=N–C) groups is 1. The number of likely N-dealkylation sites (tertiary alicyclic amines) is 1. The van der Waals surface area contributed by atoms with Gasteiger partial charge >= 0.3 is 0 Å². The Bertz CT molecular complexity index is 435. The Balaban J connectivity index is 1.78. The fraction of sp³-hybridized carbons (Fsp3) is 0.588. The van der Waals surface area contributed by atoms with Crippen molar-refractivity contribution in [3.8, 4) is 0 Å². The number of nitrogens with one attached hydrogen (secondary N) is 2. The maximum Gasteiger partial charge on any atom is 0.191 e. The number of nitrogens with zero attached hydrogens (tertiary/aromatic N) is 2. The van der Waals surface area contributed by atoms with E-state index >= 15 is 0 Å². The normalized spacial score (nSPS) is 19.3. The van der Waals surface area contributed by atoms with E-state index in [2.05, 4.69) is 58.8 Å². The van der Waals surface area contributed by atoms with Gasteiger partial charge in [0.25, 0.3) is 0 Å². The van der Waals surface area contributed by atoms with Gasteiger partial charge in [-0.25, -0.2) is 0 Å². The van der Waals surface area contributed by atoms with Crippen molar-refractivity contribution in [2.24, 2.45) is 10.9 Å². The van der Waals surface area contributed by atoms with Crippen LogP contribution in [0.15, 0.2) is 35.3 Å². The second-order valence-electron chi connectivity index (χ2n) is 5.98. The Morgan fingerprint density at radius 1 is 1.29 bits per heavy atom. The first-order valence-electron chi connectivity index (χ1n) is 7.89. The summed E-state index contributed by atoms with van der Waals surface area (Å²) in [6.45, 7) is 5.59. The second-order valence-corrected chi connectivity index (χ2v) is 5.98. The van der Waals surface area contributed by atoms with Crippen LogP contribution < -0.4 is 10.6 Å². The van der Waals surface area contributed by atoms with Crippen LogP contribution in [0.2, 0.25) is 0 Å². The number of hydrogen-bond acceptors (Lipinski definition) is 2. The minimum Gasteiger partial charge on any atom is -0.356 e. The van der Waals surface area contributed by atoms with E-state index in [1.807, 2.05) is 13.1 Å². The highest BCUT2D eigenvalue weighted by Gasteiger charge is 2.17. The predicted octanol–water partition coefficient (Wildman–Crippen LogP) is 2.25. The van der Waals surface area contributed by atoms with E-state index in [9.17, 15) is 0 Å². The standard InChI is InChI=1S/C17H28N4/c1-14(16-7-5-4-6-8-16)20-17(18-2)19-13-15-9-11-21(3)12-10-15/h4-8,14-15H,9-13H2,1-3H3,(H2,18,19,20). The van der Waals surface area contributed by atoms with Crippen molar-refractivity contribution >= 4 is 5.96 Å². The molecule has 1 aliphatic heterocycles. The summed E-state index contributed by atoms with van der Waals surface area (Å²) in [6.07, 6.45) is 2.55. The average Bonchev–Trinajstić information content (AvgIpc) is 2.53. The van der Waals surface area contributed by atoms with Crippen LogP contribution in [0.3, 0.4) is 0 Å². The molecule has 1 atom stereocenters. The summed E-state index contributed by atoms with van der Waals surface area (Å²) < 4.78 is 0. The van der Waals surface area contributed by atoms with Crippen molar-refractivity contribution in [2.75, 3.05) is 33.7 Å². The van der Waals surface area contributed by atoms with Crippen molar-refractivity contribution in [1.82, 2.24) is 15.5 Å². The van der Waals surface area contributed by atoms with Crippen molar-refractivity contribution in [3.63, 3.8) is 0 Å². The molecule has 1 heterocycles. The number of hydrogen-bond donors (Lipinski definition) is 2. The van der Waals surface area contributed by atoms with Gasteiger partial charge in [-0.2, -0.15) is 0 Å². The quantitative estimate of drug-likeness (QED) is 0.659. The molecule has 2 N–H and O–H groups in total. The van der Waals surface area contributed by atoms with Gasteiger partial charge in [-0.15, -0.1) is 0 Å². The first-order valence-corrected chi connectivity index (χ1v) is 7.89. The van der Waals surface area contributed by atoms with Crippen molar-refractivity contribution in [2.45, 2.75) is 25.8 Å². The summed E-state index contributed by atoms with van der Waals surface area (Å²) in [5.74, 6) is 1.65. The van der Waals surface area contributed by atoms with Crippen LogP contribution in [0.4, 0.5) is 0 Å².